The predicted octanol–water partition coefficient (Wildman–Crippen LogP) is 3.83. The monoisotopic (exact) mass is 304 g/mol. The highest BCUT2D eigenvalue weighted by Crippen LogP contribution is 2.28. The van der Waals surface area contributed by atoms with E-state index in [0.717, 1.165) is 34.2 Å². The quantitative estimate of drug-likeness (QED) is 0.882. The number of benzene rings is 1. The van der Waals surface area contributed by atoms with Gasteiger partial charge >= 0.3 is 0 Å². The van der Waals surface area contributed by atoms with Gasteiger partial charge in [0.25, 0.3) is 0 Å². The van der Waals surface area contributed by atoms with Crippen molar-refractivity contribution in [1.82, 2.24) is 4.98 Å². The molecular formula is C17H24N2OS. The summed E-state index contributed by atoms with van der Waals surface area (Å²) in [5, 5.41) is 1.09. The van der Waals surface area contributed by atoms with Crippen LogP contribution in [0.4, 0.5) is 0 Å². The molecule has 0 fully saturated rings. The molecule has 1 heterocycles. The Morgan fingerprint density at radius 3 is 2.62 bits per heavy atom. The molecule has 0 saturated carbocycles. The van der Waals surface area contributed by atoms with Gasteiger partial charge in [-0.2, -0.15) is 0 Å². The van der Waals surface area contributed by atoms with E-state index in [2.05, 4.69) is 18.0 Å². The van der Waals surface area contributed by atoms with E-state index in [4.69, 9.17) is 10.5 Å². The smallest absolute Gasteiger partial charge is 0.122 e. The van der Waals surface area contributed by atoms with Gasteiger partial charge in [0, 0.05) is 16.8 Å². The van der Waals surface area contributed by atoms with E-state index < -0.39 is 0 Å². The molecule has 2 N–H and O–H groups in total. The number of nitrogens with two attached hydrogens (primary N) is 1. The number of nitrogens with zero attached hydrogens (tertiary/aromatic N) is 1. The molecule has 2 aromatic rings. The third-order valence-corrected chi connectivity index (χ3v) is 4.91. The highest BCUT2D eigenvalue weighted by atomic mass is 32.1. The molecule has 4 heteroatoms. The molecule has 0 atom stereocenters. The molecule has 21 heavy (non-hydrogen) atoms. The Hall–Kier alpha value is -1.39. The SMILES string of the molecule is CCc1ccccc1OCCc1nc(C)c(C(C)(C)N)s1. The van der Waals surface area contributed by atoms with Crippen LogP contribution in [0.15, 0.2) is 24.3 Å². The lowest BCUT2D eigenvalue weighted by Gasteiger charge is -2.16. The van der Waals surface area contributed by atoms with Crippen molar-refractivity contribution in [1.29, 1.82) is 0 Å². The molecule has 1 aromatic carbocycles. The molecule has 0 aliphatic carbocycles. The first-order chi connectivity index (χ1) is 9.91. The first-order valence-corrected chi connectivity index (χ1v) is 8.19. The van der Waals surface area contributed by atoms with Gasteiger partial charge in [-0.15, -0.1) is 11.3 Å². The summed E-state index contributed by atoms with van der Waals surface area (Å²) in [5.74, 6) is 0.979. The summed E-state index contributed by atoms with van der Waals surface area (Å²) in [7, 11) is 0. The summed E-state index contributed by atoms with van der Waals surface area (Å²) >= 11 is 1.70. The Morgan fingerprint density at radius 2 is 2.00 bits per heavy atom. The Labute approximate surface area is 131 Å². The van der Waals surface area contributed by atoms with Crippen molar-refractivity contribution in [3.63, 3.8) is 0 Å². The fourth-order valence-corrected chi connectivity index (χ4v) is 3.40. The standard InChI is InChI=1S/C17H24N2OS/c1-5-13-8-6-7-9-14(13)20-11-10-15-19-12(2)16(21-15)17(3,4)18/h6-9H,5,10-11,18H2,1-4H3. The Bertz CT molecular complexity index is 599. The molecule has 114 valence electrons. The number of ether oxygens (including phenoxy) is 1. The lowest BCUT2D eigenvalue weighted by Crippen LogP contribution is -2.28. The van der Waals surface area contributed by atoms with Crippen LogP contribution >= 0.6 is 11.3 Å². The summed E-state index contributed by atoms with van der Waals surface area (Å²) in [6.07, 6.45) is 1.80. The number of hydrogen-bond donors (Lipinski definition) is 1. The minimum absolute atomic E-state index is 0.324. The molecule has 0 amide bonds. The summed E-state index contributed by atoms with van der Waals surface area (Å²) in [4.78, 5) is 5.77. The Kier molecular flexibility index (Phi) is 5.01. The van der Waals surface area contributed by atoms with E-state index in [-0.39, 0.29) is 5.54 Å². The zero-order valence-electron chi connectivity index (χ0n) is 13.3. The maximum atomic E-state index is 6.17. The molecule has 1 aromatic heterocycles. The van der Waals surface area contributed by atoms with Gasteiger partial charge in [-0.3, -0.25) is 0 Å². The number of thiazole rings is 1. The minimum atomic E-state index is -0.324. The Morgan fingerprint density at radius 1 is 1.29 bits per heavy atom. The number of aryl methyl sites for hydroxylation is 2. The van der Waals surface area contributed by atoms with Crippen LogP contribution in [0.5, 0.6) is 5.75 Å². The zero-order chi connectivity index (χ0) is 15.5. The van der Waals surface area contributed by atoms with Gasteiger partial charge < -0.3 is 10.5 Å². The summed E-state index contributed by atoms with van der Waals surface area (Å²) in [5.41, 5.74) is 8.13. The van der Waals surface area contributed by atoms with Crippen LogP contribution in [0.3, 0.4) is 0 Å². The highest BCUT2D eigenvalue weighted by molar-refractivity contribution is 7.11. The van der Waals surface area contributed by atoms with Crippen molar-refractivity contribution in [3.05, 3.63) is 45.4 Å². The van der Waals surface area contributed by atoms with E-state index in [9.17, 15) is 0 Å². The number of aromatic nitrogens is 1. The number of para-hydroxylation sites is 1. The minimum Gasteiger partial charge on any atom is -0.493 e. The number of rotatable bonds is 6. The fraction of sp³-hybridized carbons (Fsp3) is 0.471. The molecule has 0 aliphatic rings. The maximum absolute atomic E-state index is 6.17. The highest BCUT2D eigenvalue weighted by Gasteiger charge is 2.21. The van der Waals surface area contributed by atoms with Gasteiger partial charge in [0.2, 0.25) is 0 Å². The second-order valence-electron chi connectivity index (χ2n) is 5.80. The average Bonchev–Trinajstić information content (AvgIpc) is 2.80. The molecule has 0 spiro atoms. The van der Waals surface area contributed by atoms with Gasteiger partial charge in [-0.25, -0.2) is 4.98 Å². The van der Waals surface area contributed by atoms with Crippen LogP contribution in [0.25, 0.3) is 0 Å². The van der Waals surface area contributed by atoms with Crippen LogP contribution in [0.2, 0.25) is 0 Å². The van der Waals surface area contributed by atoms with E-state index in [1.54, 1.807) is 11.3 Å². The van der Waals surface area contributed by atoms with Crippen LogP contribution in [-0.2, 0) is 18.4 Å². The first kappa shape index (κ1) is 16.0. The number of hydrogen-bond acceptors (Lipinski definition) is 4. The zero-order valence-corrected chi connectivity index (χ0v) is 14.1. The maximum Gasteiger partial charge on any atom is 0.122 e. The fourth-order valence-electron chi connectivity index (χ4n) is 2.34. The van der Waals surface area contributed by atoms with E-state index >= 15 is 0 Å². The topological polar surface area (TPSA) is 48.1 Å². The van der Waals surface area contributed by atoms with Crippen molar-refractivity contribution < 1.29 is 4.74 Å². The molecular weight excluding hydrogens is 280 g/mol. The predicted molar refractivity (Wildman–Crippen MR) is 89.1 cm³/mol. The van der Waals surface area contributed by atoms with Crippen LogP contribution in [0, 0.1) is 6.92 Å². The average molecular weight is 304 g/mol. The second-order valence-corrected chi connectivity index (χ2v) is 6.89. The molecule has 0 saturated heterocycles. The van der Waals surface area contributed by atoms with Crippen molar-refractivity contribution in [2.24, 2.45) is 5.73 Å². The third kappa shape index (κ3) is 4.05. The van der Waals surface area contributed by atoms with Crippen molar-refractivity contribution in [2.45, 2.75) is 46.1 Å². The summed E-state index contributed by atoms with van der Waals surface area (Å²) < 4.78 is 5.90. The van der Waals surface area contributed by atoms with Crippen molar-refractivity contribution in [2.75, 3.05) is 6.61 Å². The molecule has 0 radical (unpaired) electrons. The third-order valence-electron chi connectivity index (χ3n) is 3.35. The van der Waals surface area contributed by atoms with E-state index in [0.29, 0.717) is 6.61 Å². The van der Waals surface area contributed by atoms with Gasteiger partial charge in [0.15, 0.2) is 0 Å². The largest absolute Gasteiger partial charge is 0.493 e. The second kappa shape index (κ2) is 6.58. The summed E-state index contributed by atoms with van der Waals surface area (Å²) in [6.45, 7) is 8.85. The normalized spacial score (nSPS) is 11.7. The van der Waals surface area contributed by atoms with E-state index in [1.807, 2.05) is 39.0 Å². The van der Waals surface area contributed by atoms with Crippen molar-refractivity contribution in [3.8, 4) is 5.75 Å². The first-order valence-electron chi connectivity index (χ1n) is 7.38. The van der Waals surface area contributed by atoms with Crippen LogP contribution in [-0.4, -0.2) is 11.6 Å². The van der Waals surface area contributed by atoms with Gasteiger partial charge in [-0.1, -0.05) is 25.1 Å². The van der Waals surface area contributed by atoms with E-state index in [1.165, 1.54) is 5.56 Å². The lowest BCUT2D eigenvalue weighted by atomic mass is 10.0. The molecule has 0 aliphatic heterocycles. The summed E-state index contributed by atoms with van der Waals surface area (Å²) in [6, 6.07) is 8.20. The van der Waals surface area contributed by atoms with Gasteiger partial charge in [0.05, 0.1) is 17.3 Å². The molecule has 0 unspecified atom stereocenters. The van der Waals surface area contributed by atoms with Crippen LogP contribution < -0.4 is 10.5 Å². The Balaban J connectivity index is 1.98. The van der Waals surface area contributed by atoms with Gasteiger partial charge in [0.1, 0.15) is 5.75 Å². The molecule has 0 bridgehead atoms. The molecule has 3 nitrogen and oxygen atoms in total. The van der Waals surface area contributed by atoms with Gasteiger partial charge in [-0.05, 0) is 38.8 Å². The molecule has 2 rings (SSSR count). The van der Waals surface area contributed by atoms with Crippen LogP contribution in [0.1, 0.15) is 41.9 Å². The lowest BCUT2D eigenvalue weighted by molar-refractivity contribution is 0.318. The van der Waals surface area contributed by atoms with Crippen molar-refractivity contribution >= 4 is 11.3 Å².